The average molecular weight is 364 g/mol. The van der Waals surface area contributed by atoms with Crippen LogP contribution in [0.25, 0.3) is 22.5 Å². The molecule has 0 aliphatic rings. The molecule has 2 aromatic carbocycles. The minimum Gasteiger partial charge on any atom is -0.380 e. The highest BCUT2D eigenvalue weighted by Gasteiger charge is 2.19. The number of nitrogens with zero attached hydrogens (tertiary/aromatic N) is 1. The molecule has 3 rings (SSSR count). The second-order valence-corrected chi connectivity index (χ2v) is 6.09. The second-order valence-electron chi connectivity index (χ2n) is 4.76. The fourth-order valence-electron chi connectivity index (χ4n) is 2.16. The van der Waals surface area contributed by atoms with E-state index in [0.717, 1.165) is 21.2 Å². The lowest BCUT2D eigenvalue weighted by Crippen LogP contribution is -1.89. The van der Waals surface area contributed by atoms with E-state index in [9.17, 15) is 0 Å². The number of rotatable bonds is 2. The molecule has 0 spiro atoms. The number of halogens is 2. The van der Waals surface area contributed by atoms with Gasteiger partial charge < -0.3 is 10.3 Å². The van der Waals surface area contributed by atoms with Crippen LogP contribution < -0.4 is 5.73 Å². The predicted molar refractivity (Wildman–Crippen MR) is 89.2 cm³/mol. The molecule has 106 valence electrons. The Morgan fingerprint density at radius 1 is 1.14 bits per heavy atom. The minimum atomic E-state index is 0.354. The number of aryl methyl sites for hydroxylation is 1. The highest BCUT2D eigenvalue weighted by Crippen LogP contribution is 2.40. The van der Waals surface area contributed by atoms with Crippen molar-refractivity contribution < 1.29 is 4.52 Å². The van der Waals surface area contributed by atoms with E-state index >= 15 is 0 Å². The van der Waals surface area contributed by atoms with Crippen molar-refractivity contribution in [3.63, 3.8) is 0 Å². The molecule has 5 heteroatoms. The van der Waals surface area contributed by atoms with Crippen molar-refractivity contribution in [1.82, 2.24) is 5.16 Å². The maximum Gasteiger partial charge on any atom is 0.178 e. The number of anilines is 1. The summed E-state index contributed by atoms with van der Waals surface area (Å²) in [5.74, 6) is 0.932. The molecule has 0 saturated carbocycles. The zero-order valence-corrected chi connectivity index (χ0v) is 13.6. The van der Waals surface area contributed by atoms with Crippen LogP contribution in [0.4, 0.5) is 5.82 Å². The second kappa shape index (κ2) is 5.54. The van der Waals surface area contributed by atoms with E-state index in [1.54, 1.807) is 0 Å². The van der Waals surface area contributed by atoms with Crippen LogP contribution >= 0.6 is 27.5 Å². The Morgan fingerprint density at radius 2 is 1.86 bits per heavy atom. The molecule has 21 heavy (non-hydrogen) atoms. The van der Waals surface area contributed by atoms with Crippen LogP contribution in [0.2, 0.25) is 5.02 Å². The third kappa shape index (κ3) is 2.69. The maximum absolute atomic E-state index is 6.30. The topological polar surface area (TPSA) is 52.0 Å². The predicted octanol–water partition coefficient (Wildman–Crippen LogP) is 5.32. The van der Waals surface area contributed by atoms with Crippen LogP contribution in [0.3, 0.4) is 0 Å². The molecule has 3 aromatic rings. The minimum absolute atomic E-state index is 0.354. The normalized spacial score (nSPS) is 10.8. The van der Waals surface area contributed by atoms with E-state index < -0.39 is 0 Å². The van der Waals surface area contributed by atoms with Crippen LogP contribution in [0.5, 0.6) is 0 Å². The van der Waals surface area contributed by atoms with Gasteiger partial charge in [-0.25, -0.2) is 0 Å². The van der Waals surface area contributed by atoms with Gasteiger partial charge in [0, 0.05) is 10.0 Å². The number of nitrogens with two attached hydrogens (primary N) is 1. The lowest BCUT2D eigenvalue weighted by atomic mass is 10.0. The first-order chi connectivity index (χ1) is 10.1. The molecule has 0 fully saturated rings. The molecular formula is C16H12BrClN2O. The van der Waals surface area contributed by atoms with Gasteiger partial charge in [-0.05, 0) is 30.7 Å². The average Bonchev–Trinajstić information content (AvgIpc) is 2.82. The van der Waals surface area contributed by atoms with Crippen molar-refractivity contribution >= 4 is 33.3 Å². The largest absolute Gasteiger partial charge is 0.380 e. The zero-order chi connectivity index (χ0) is 15.0. The van der Waals surface area contributed by atoms with Crippen molar-refractivity contribution in [2.24, 2.45) is 0 Å². The third-order valence-electron chi connectivity index (χ3n) is 3.23. The summed E-state index contributed by atoms with van der Waals surface area (Å²) in [6, 6.07) is 13.6. The van der Waals surface area contributed by atoms with Crippen molar-refractivity contribution in [3.05, 3.63) is 57.5 Å². The summed E-state index contributed by atoms with van der Waals surface area (Å²) in [5.41, 5.74) is 9.63. The number of hydrogen-bond acceptors (Lipinski definition) is 3. The molecule has 0 amide bonds. The Kier molecular flexibility index (Phi) is 3.74. The molecule has 1 heterocycles. The summed E-state index contributed by atoms with van der Waals surface area (Å²) >= 11 is 9.69. The molecule has 0 bridgehead atoms. The van der Waals surface area contributed by atoms with Gasteiger partial charge in [0.1, 0.15) is 0 Å². The quantitative estimate of drug-likeness (QED) is 0.671. The summed E-state index contributed by atoms with van der Waals surface area (Å²) in [5, 5.41) is 4.47. The lowest BCUT2D eigenvalue weighted by molar-refractivity contribution is 0.436. The Morgan fingerprint density at radius 3 is 2.52 bits per heavy atom. The van der Waals surface area contributed by atoms with Crippen LogP contribution in [-0.2, 0) is 0 Å². The smallest absolute Gasteiger partial charge is 0.178 e. The first-order valence-corrected chi connectivity index (χ1v) is 7.51. The fourth-order valence-corrected chi connectivity index (χ4v) is 2.92. The standard InChI is InChI=1S/C16H12BrClN2O/c1-9-2-4-10(5-3-9)14-15(21-20-16(14)19)12-7-6-11(17)8-13(12)18/h2-8H,1H3,(H2,19,20). The van der Waals surface area contributed by atoms with E-state index in [1.807, 2.05) is 49.4 Å². The van der Waals surface area contributed by atoms with Gasteiger partial charge in [0.2, 0.25) is 0 Å². The van der Waals surface area contributed by atoms with Crippen molar-refractivity contribution in [3.8, 4) is 22.5 Å². The zero-order valence-electron chi connectivity index (χ0n) is 11.2. The summed E-state index contributed by atoms with van der Waals surface area (Å²) in [6.07, 6.45) is 0. The van der Waals surface area contributed by atoms with Crippen molar-refractivity contribution in [1.29, 1.82) is 0 Å². The highest BCUT2D eigenvalue weighted by atomic mass is 79.9. The molecule has 0 aliphatic heterocycles. The molecule has 0 atom stereocenters. The Balaban J connectivity index is 2.19. The number of nitrogen functional groups attached to an aromatic ring is 1. The Bertz CT molecular complexity index is 797. The number of benzene rings is 2. The fraction of sp³-hybridized carbons (Fsp3) is 0.0625. The van der Waals surface area contributed by atoms with Gasteiger partial charge in [0.15, 0.2) is 11.6 Å². The molecule has 0 saturated heterocycles. The van der Waals surface area contributed by atoms with Crippen LogP contribution in [0.1, 0.15) is 5.56 Å². The SMILES string of the molecule is Cc1ccc(-c2c(N)noc2-c2ccc(Br)cc2Cl)cc1. The van der Waals surface area contributed by atoms with E-state index in [2.05, 4.69) is 21.1 Å². The monoisotopic (exact) mass is 362 g/mol. The third-order valence-corrected chi connectivity index (χ3v) is 4.04. The highest BCUT2D eigenvalue weighted by molar-refractivity contribution is 9.10. The van der Waals surface area contributed by atoms with E-state index in [-0.39, 0.29) is 0 Å². The number of hydrogen-bond donors (Lipinski definition) is 1. The van der Waals surface area contributed by atoms with Gasteiger partial charge in [-0.15, -0.1) is 0 Å². The van der Waals surface area contributed by atoms with E-state index in [1.165, 1.54) is 5.56 Å². The van der Waals surface area contributed by atoms with Gasteiger partial charge in [-0.1, -0.05) is 62.5 Å². The van der Waals surface area contributed by atoms with Gasteiger partial charge in [0.05, 0.1) is 10.6 Å². The molecular weight excluding hydrogens is 352 g/mol. The van der Waals surface area contributed by atoms with Crippen LogP contribution in [0, 0.1) is 6.92 Å². The maximum atomic E-state index is 6.30. The van der Waals surface area contributed by atoms with Gasteiger partial charge in [-0.2, -0.15) is 0 Å². The molecule has 0 aliphatic carbocycles. The number of aromatic nitrogens is 1. The lowest BCUT2D eigenvalue weighted by Gasteiger charge is -2.05. The first kappa shape index (κ1) is 14.2. The molecule has 0 unspecified atom stereocenters. The van der Waals surface area contributed by atoms with Crippen LogP contribution in [0.15, 0.2) is 51.5 Å². The molecule has 0 radical (unpaired) electrons. The summed E-state index contributed by atoms with van der Waals surface area (Å²) in [6.45, 7) is 2.03. The summed E-state index contributed by atoms with van der Waals surface area (Å²) < 4.78 is 6.32. The van der Waals surface area contributed by atoms with Crippen molar-refractivity contribution in [2.45, 2.75) is 6.92 Å². The van der Waals surface area contributed by atoms with Gasteiger partial charge in [0.25, 0.3) is 0 Å². The summed E-state index contributed by atoms with van der Waals surface area (Å²) in [7, 11) is 0. The van der Waals surface area contributed by atoms with Crippen molar-refractivity contribution in [2.75, 3.05) is 5.73 Å². The molecule has 2 N–H and O–H groups in total. The first-order valence-electron chi connectivity index (χ1n) is 6.34. The Labute approximate surface area is 135 Å². The van der Waals surface area contributed by atoms with E-state index in [0.29, 0.717) is 16.6 Å². The summed E-state index contributed by atoms with van der Waals surface area (Å²) in [4.78, 5) is 0. The van der Waals surface area contributed by atoms with Crippen LogP contribution in [-0.4, -0.2) is 5.16 Å². The van der Waals surface area contributed by atoms with Gasteiger partial charge >= 0.3 is 0 Å². The Hall–Kier alpha value is -1.78. The van der Waals surface area contributed by atoms with E-state index in [4.69, 9.17) is 21.9 Å². The van der Waals surface area contributed by atoms with Gasteiger partial charge in [-0.3, -0.25) is 0 Å². The molecule has 1 aromatic heterocycles. The molecule has 3 nitrogen and oxygen atoms in total.